The Bertz CT molecular complexity index is 331. The zero-order chi connectivity index (χ0) is 12.1. The van der Waals surface area contributed by atoms with Gasteiger partial charge < -0.3 is 10.5 Å². The van der Waals surface area contributed by atoms with Gasteiger partial charge in [0.05, 0.1) is 12.2 Å². The highest BCUT2D eigenvalue weighted by Crippen LogP contribution is 2.34. The fourth-order valence-electron chi connectivity index (χ4n) is 2.41. The van der Waals surface area contributed by atoms with Crippen molar-refractivity contribution in [1.82, 2.24) is 4.98 Å². The summed E-state index contributed by atoms with van der Waals surface area (Å²) < 4.78 is 6.10. The Hall–Kier alpha value is -0.930. The van der Waals surface area contributed by atoms with E-state index in [1.165, 1.54) is 18.4 Å². The van der Waals surface area contributed by atoms with Gasteiger partial charge >= 0.3 is 0 Å². The summed E-state index contributed by atoms with van der Waals surface area (Å²) in [5.74, 6) is 0.819. The lowest BCUT2D eigenvalue weighted by Gasteiger charge is -2.38. The molecule has 0 radical (unpaired) electrons. The van der Waals surface area contributed by atoms with Crippen molar-refractivity contribution in [3.05, 3.63) is 30.1 Å². The first-order chi connectivity index (χ1) is 8.24. The molecule has 3 nitrogen and oxygen atoms in total. The van der Waals surface area contributed by atoms with Gasteiger partial charge in [-0.3, -0.25) is 4.98 Å². The van der Waals surface area contributed by atoms with Crippen LogP contribution in [0.4, 0.5) is 0 Å². The SMILES string of the molecule is CC1CCC(CN)(OCc2ccncc2)CC1. The highest BCUT2D eigenvalue weighted by Gasteiger charge is 2.33. The first-order valence-electron chi connectivity index (χ1n) is 6.47. The van der Waals surface area contributed by atoms with Crippen LogP contribution in [0.15, 0.2) is 24.5 Å². The van der Waals surface area contributed by atoms with Crippen molar-refractivity contribution in [3.63, 3.8) is 0 Å². The molecule has 0 aliphatic heterocycles. The van der Waals surface area contributed by atoms with Crippen molar-refractivity contribution in [2.45, 2.75) is 44.8 Å². The molecular formula is C14H22N2O. The van der Waals surface area contributed by atoms with Crippen LogP contribution in [0.3, 0.4) is 0 Å². The monoisotopic (exact) mass is 234 g/mol. The lowest BCUT2D eigenvalue weighted by molar-refractivity contribution is -0.0799. The third-order valence-electron chi connectivity index (χ3n) is 3.85. The van der Waals surface area contributed by atoms with Gasteiger partial charge in [0.2, 0.25) is 0 Å². The molecule has 1 aromatic heterocycles. The van der Waals surface area contributed by atoms with Gasteiger partial charge in [0.25, 0.3) is 0 Å². The molecule has 0 bridgehead atoms. The fourth-order valence-corrected chi connectivity index (χ4v) is 2.41. The third-order valence-corrected chi connectivity index (χ3v) is 3.85. The second kappa shape index (κ2) is 5.61. The molecule has 0 spiro atoms. The molecule has 1 saturated carbocycles. The quantitative estimate of drug-likeness (QED) is 0.870. The van der Waals surface area contributed by atoms with Crippen LogP contribution < -0.4 is 5.73 Å². The second-order valence-corrected chi connectivity index (χ2v) is 5.21. The van der Waals surface area contributed by atoms with E-state index in [0.717, 1.165) is 18.8 Å². The normalized spacial score (nSPS) is 29.2. The number of aromatic nitrogens is 1. The number of ether oxygens (including phenoxy) is 1. The number of nitrogens with two attached hydrogens (primary N) is 1. The Morgan fingerprint density at radius 1 is 1.35 bits per heavy atom. The van der Waals surface area contributed by atoms with E-state index in [9.17, 15) is 0 Å². The number of rotatable bonds is 4. The minimum atomic E-state index is -0.0875. The predicted octanol–water partition coefficient (Wildman–Crippen LogP) is 2.51. The number of hydrogen-bond acceptors (Lipinski definition) is 3. The molecule has 2 rings (SSSR count). The molecule has 1 aliphatic carbocycles. The molecule has 1 aliphatic rings. The summed E-state index contributed by atoms with van der Waals surface area (Å²) in [6, 6.07) is 3.99. The van der Waals surface area contributed by atoms with Crippen LogP contribution >= 0.6 is 0 Å². The molecule has 1 fully saturated rings. The smallest absolute Gasteiger partial charge is 0.0808 e. The van der Waals surface area contributed by atoms with E-state index in [1.54, 1.807) is 12.4 Å². The molecule has 1 heterocycles. The molecule has 0 aromatic carbocycles. The van der Waals surface area contributed by atoms with Crippen LogP contribution in [0.2, 0.25) is 0 Å². The van der Waals surface area contributed by atoms with Crippen molar-refractivity contribution in [2.75, 3.05) is 6.54 Å². The molecule has 0 amide bonds. The van der Waals surface area contributed by atoms with E-state index < -0.39 is 0 Å². The maximum Gasteiger partial charge on any atom is 0.0808 e. The van der Waals surface area contributed by atoms with Crippen molar-refractivity contribution in [3.8, 4) is 0 Å². The average Bonchev–Trinajstić information content (AvgIpc) is 2.40. The molecule has 0 unspecified atom stereocenters. The molecule has 94 valence electrons. The minimum Gasteiger partial charge on any atom is -0.369 e. The van der Waals surface area contributed by atoms with Gasteiger partial charge in [-0.2, -0.15) is 0 Å². The van der Waals surface area contributed by atoms with Gasteiger partial charge in [0.15, 0.2) is 0 Å². The summed E-state index contributed by atoms with van der Waals surface area (Å²) in [5.41, 5.74) is 7.00. The summed E-state index contributed by atoms with van der Waals surface area (Å²) in [6.45, 7) is 3.59. The standard InChI is InChI=1S/C14H22N2O/c1-12-2-6-14(11-15,7-3-12)17-10-13-4-8-16-9-5-13/h4-5,8-9,12H,2-3,6-7,10-11,15H2,1H3. The molecule has 0 atom stereocenters. The summed E-state index contributed by atoms with van der Waals surface area (Å²) in [5, 5.41) is 0. The number of hydrogen-bond donors (Lipinski definition) is 1. The van der Waals surface area contributed by atoms with Crippen LogP contribution in [-0.4, -0.2) is 17.1 Å². The van der Waals surface area contributed by atoms with Crippen molar-refractivity contribution in [1.29, 1.82) is 0 Å². The average molecular weight is 234 g/mol. The van der Waals surface area contributed by atoms with E-state index in [1.807, 2.05) is 12.1 Å². The van der Waals surface area contributed by atoms with Crippen LogP contribution in [0, 0.1) is 5.92 Å². The first-order valence-corrected chi connectivity index (χ1v) is 6.47. The van der Waals surface area contributed by atoms with Crippen LogP contribution in [-0.2, 0) is 11.3 Å². The Kier molecular flexibility index (Phi) is 4.13. The molecule has 2 N–H and O–H groups in total. The third kappa shape index (κ3) is 3.27. The molecular weight excluding hydrogens is 212 g/mol. The van der Waals surface area contributed by atoms with E-state index in [-0.39, 0.29) is 5.60 Å². The van der Waals surface area contributed by atoms with E-state index in [2.05, 4.69) is 11.9 Å². The predicted molar refractivity (Wildman–Crippen MR) is 68.4 cm³/mol. The topological polar surface area (TPSA) is 48.1 Å². The molecule has 1 aromatic rings. The van der Waals surface area contributed by atoms with Gasteiger partial charge in [-0.05, 0) is 49.3 Å². The van der Waals surface area contributed by atoms with Gasteiger partial charge in [0.1, 0.15) is 0 Å². The lowest BCUT2D eigenvalue weighted by atomic mass is 9.79. The largest absolute Gasteiger partial charge is 0.369 e. The van der Waals surface area contributed by atoms with Crippen LogP contribution in [0.25, 0.3) is 0 Å². The summed E-state index contributed by atoms with van der Waals surface area (Å²) in [7, 11) is 0. The van der Waals surface area contributed by atoms with E-state index in [0.29, 0.717) is 13.2 Å². The first kappa shape index (κ1) is 12.5. The van der Waals surface area contributed by atoms with Gasteiger partial charge in [-0.1, -0.05) is 6.92 Å². The molecule has 0 saturated heterocycles. The maximum absolute atomic E-state index is 6.10. The summed E-state index contributed by atoms with van der Waals surface area (Å²) >= 11 is 0. The van der Waals surface area contributed by atoms with Crippen molar-refractivity contribution in [2.24, 2.45) is 11.7 Å². The zero-order valence-corrected chi connectivity index (χ0v) is 10.6. The maximum atomic E-state index is 6.10. The minimum absolute atomic E-state index is 0.0875. The van der Waals surface area contributed by atoms with Crippen molar-refractivity contribution < 1.29 is 4.74 Å². The lowest BCUT2D eigenvalue weighted by Crippen LogP contribution is -2.43. The number of pyridine rings is 1. The van der Waals surface area contributed by atoms with E-state index in [4.69, 9.17) is 10.5 Å². The Balaban J connectivity index is 1.91. The number of nitrogens with zero attached hydrogens (tertiary/aromatic N) is 1. The van der Waals surface area contributed by atoms with Gasteiger partial charge in [0, 0.05) is 18.9 Å². The van der Waals surface area contributed by atoms with E-state index >= 15 is 0 Å². The summed E-state index contributed by atoms with van der Waals surface area (Å²) in [4.78, 5) is 4.01. The van der Waals surface area contributed by atoms with Gasteiger partial charge in [-0.15, -0.1) is 0 Å². The Labute approximate surface area is 103 Å². The van der Waals surface area contributed by atoms with Crippen LogP contribution in [0.1, 0.15) is 38.2 Å². The highest BCUT2D eigenvalue weighted by atomic mass is 16.5. The molecule has 3 heteroatoms. The second-order valence-electron chi connectivity index (χ2n) is 5.21. The molecule has 17 heavy (non-hydrogen) atoms. The fraction of sp³-hybridized carbons (Fsp3) is 0.643. The summed E-state index contributed by atoms with van der Waals surface area (Å²) in [6.07, 6.45) is 8.25. The van der Waals surface area contributed by atoms with Gasteiger partial charge in [-0.25, -0.2) is 0 Å². The van der Waals surface area contributed by atoms with Crippen LogP contribution in [0.5, 0.6) is 0 Å². The Morgan fingerprint density at radius 3 is 2.59 bits per heavy atom. The van der Waals surface area contributed by atoms with Crippen molar-refractivity contribution >= 4 is 0 Å². The Morgan fingerprint density at radius 2 is 2.00 bits per heavy atom. The highest BCUT2D eigenvalue weighted by molar-refractivity contribution is 5.08. The zero-order valence-electron chi connectivity index (χ0n) is 10.6.